The molecule has 3 rings (SSSR count). The third-order valence-corrected chi connectivity index (χ3v) is 6.56. The van der Waals surface area contributed by atoms with E-state index < -0.39 is 17.6 Å². The average molecular weight is 513 g/mol. The molecule has 6 nitrogen and oxygen atoms in total. The highest BCUT2D eigenvalue weighted by Gasteiger charge is 2.53. The molecule has 0 N–H and O–H groups in total. The van der Waals surface area contributed by atoms with Crippen LogP contribution in [0.25, 0.3) is 0 Å². The second-order valence-corrected chi connectivity index (χ2v) is 8.89. The Morgan fingerprint density at radius 2 is 1.97 bits per heavy atom. The van der Waals surface area contributed by atoms with Crippen molar-refractivity contribution in [1.82, 2.24) is 0 Å². The summed E-state index contributed by atoms with van der Waals surface area (Å²) in [5.41, 5.74) is 2.15. The van der Waals surface area contributed by atoms with Crippen LogP contribution in [0.15, 0.2) is 17.1 Å². The molecule has 0 bridgehead atoms. The van der Waals surface area contributed by atoms with Crippen molar-refractivity contribution < 1.29 is 23.8 Å². The third-order valence-electron chi connectivity index (χ3n) is 5.94. The van der Waals surface area contributed by atoms with Gasteiger partial charge in [0.2, 0.25) is 5.90 Å². The van der Waals surface area contributed by atoms with E-state index in [0.29, 0.717) is 12.8 Å². The molecule has 0 aromatic heterocycles. The van der Waals surface area contributed by atoms with Gasteiger partial charge in [-0.15, -0.1) is 0 Å². The van der Waals surface area contributed by atoms with Crippen LogP contribution < -0.4 is 0 Å². The minimum absolute atomic E-state index is 0.0189. The summed E-state index contributed by atoms with van der Waals surface area (Å²) >= 11 is 2.28. The number of ether oxygens (including phenoxy) is 3. The number of Topliss-reactive ketones (excluding diaryl/α,β-unsaturated/α-hetero) is 1. The normalized spacial score (nSPS) is 26.5. The summed E-state index contributed by atoms with van der Waals surface area (Å²) in [6, 6.07) is 4.14. The fourth-order valence-electron chi connectivity index (χ4n) is 4.47. The summed E-state index contributed by atoms with van der Waals surface area (Å²) in [6.07, 6.45) is 2.83. The number of ketones is 1. The first-order valence-electron chi connectivity index (χ1n) is 10.2. The second kappa shape index (κ2) is 9.12. The van der Waals surface area contributed by atoms with Crippen LogP contribution in [-0.4, -0.2) is 43.2 Å². The summed E-state index contributed by atoms with van der Waals surface area (Å²) in [7, 11) is 1.70. The first-order chi connectivity index (χ1) is 13.8. The van der Waals surface area contributed by atoms with Crippen molar-refractivity contribution in [2.75, 3.05) is 13.7 Å². The molecule has 1 aromatic rings. The van der Waals surface area contributed by atoms with E-state index in [-0.39, 0.29) is 24.4 Å². The van der Waals surface area contributed by atoms with E-state index in [1.807, 2.05) is 6.92 Å². The maximum Gasteiger partial charge on any atom is 0.514 e. The van der Waals surface area contributed by atoms with Gasteiger partial charge in [-0.1, -0.05) is 6.92 Å². The van der Waals surface area contributed by atoms with E-state index in [9.17, 15) is 9.59 Å². The molecular weight excluding hydrogens is 485 g/mol. The Hall–Kier alpha value is -1.48. The van der Waals surface area contributed by atoms with Crippen LogP contribution >= 0.6 is 22.6 Å². The number of aliphatic imine (C=N–C) groups is 1. The Bertz CT molecular complexity index is 827. The van der Waals surface area contributed by atoms with Gasteiger partial charge in [-0.05, 0) is 97.4 Å². The molecule has 1 atom stereocenters. The molecule has 2 aliphatic rings. The highest BCUT2D eigenvalue weighted by molar-refractivity contribution is 14.1. The van der Waals surface area contributed by atoms with Crippen LogP contribution in [0, 0.1) is 10.5 Å². The van der Waals surface area contributed by atoms with Gasteiger partial charge >= 0.3 is 6.16 Å². The predicted molar refractivity (Wildman–Crippen MR) is 119 cm³/mol. The van der Waals surface area contributed by atoms with Crippen LogP contribution in [0.3, 0.4) is 0 Å². The van der Waals surface area contributed by atoms with Crippen molar-refractivity contribution in [3.63, 3.8) is 0 Å². The zero-order valence-corrected chi connectivity index (χ0v) is 19.6. The molecule has 1 spiro atoms. The Morgan fingerprint density at radius 3 is 2.55 bits per heavy atom. The molecule has 7 heteroatoms. The summed E-state index contributed by atoms with van der Waals surface area (Å²) < 4.78 is 17.0. The van der Waals surface area contributed by atoms with E-state index in [1.165, 1.54) is 0 Å². The van der Waals surface area contributed by atoms with Gasteiger partial charge in [0.15, 0.2) is 5.78 Å². The van der Waals surface area contributed by atoms with Crippen molar-refractivity contribution in [3.05, 3.63) is 32.4 Å². The Morgan fingerprint density at radius 1 is 1.28 bits per heavy atom. The van der Waals surface area contributed by atoms with Gasteiger partial charge in [-0.3, -0.25) is 4.79 Å². The number of aryl methyl sites for hydroxylation is 2. The largest absolute Gasteiger partial charge is 0.514 e. The number of rotatable bonds is 4. The van der Waals surface area contributed by atoms with Gasteiger partial charge in [0.25, 0.3) is 0 Å². The smallest absolute Gasteiger partial charge is 0.434 e. The average Bonchev–Trinajstić information content (AvgIpc) is 2.93. The lowest BCUT2D eigenvalue weighted by atomic mass is 9.74. The molecule has 0 radical (unpaired) electrons. The van der Waals surface area contributed by atoms with E-state index in [0.717, 1.165) is 39.5 Å². The highest BCUT2D eigenvalue weighted by Crippen LogP contribution is 2.45. The SMILES string of the molecule is CCOC(=O)OC1=NC2(CCC(OC)CC2)C(=O)C1c1c(C)cc(I)cc1CC. The van der Waals surface area contributed by atoms with Gasteiger partial charge < -0.3 is 14.2 Å². The molecule has 1 aliphatic heterocycles. The highest BCUT2D eigenvalue weighted by atomic mass is 127. The van der Waals surface area contributed by atoms with Crippen LogP contribution in [-0.2, 0) is 25.4 Å². The predicted octanol–water partition coefficient (Wildman–Crippen LogP) is 4.73. The first kappa shape index (κ1) is 22.2. The lowest BCUT2D eigenvalue weighted by molar-refractivity contribution is -0.125. The molecule has 1 aliphatic carbocycles. The second-order valence-electron chi connectivity index (χ2n) is 7.65. The number of halogens is 1. The topological polar surface area (TPSA) is 74.2 Å². The standard InChI is InChI=1S/C22H28INO5/c1-5-14-12-15(23)11-13(3)17(14)18-19(25)22(9-7-16(27-4)8-10-22)24-20(18)29-21(26)28-6-2/h11-12,16,18H,5-10H2,1-4H3. The molecule has 1 saturated carbocycles. The molecule has 29 heavy (non-hydrogen) atoms. The van der Waals surface area contributed by atoms with Crippen molar-refractivity contribution in [2.24, 2.45) is 4.99 Å². The minimum Gasteiger partial charge on any atom is -0.434 e. The van der Waals surface area contributed by atoms with E-state index in [1.54, 1.807) is 14.0 Å². The number of hydrogen-bond acceptors (Lipinski definition) is 6. The lowest BCUT2D eigenvalue weighted by Crippen LogP contribution is -2.41. The van der Waals surface area contributed by atoms with Crippen LogP contribution in [0.4, 0.5) is 4.79 Å². The quantitative estimate of drug-likeness (QED) is 0.430. The fraction of sp³-hybridized carbons (Fsp3) is 0.591. The van der Waals surface area contributed by atoms with Gasteiger partial charge in [0, 0.05) is 10.7 Å². The van der Waals surface area contributed by atoms with Crippen molar-refractivity contribution >= 4 is 40.4 Å². The third kappa shape index (κ3) is 4.35. The minimum atomic E-state index is -0.845. The van der Waals surface area contributed by atoms with Gasteiger partial charge in [-0.2, -0.15) is 0 Å². The zero-order valence-electron chi connectivity index (χ0n) is 17.4. The van der Waals surface area contributed by atoms with Crippen LogP contribution in [0.2, 0.25) is 0 Å². The van der Waals surface area contributed by atoms with E-state index in [2.05, 4.69) is 41.6 Å². The molecule has 0 saturated heterocycles. The van der Waals surface area contributed by atoms with Crippen LogP contribution in [0.1, 0.15) is 62.1 Å². The Kier molecular flexibility index (Phi) is 6.98. The van der Waals surface area contributed by atoms with Crippen molar-refractivity contribution in [2.45, 2.75) is 70.4 Å². The molecule has 1 aromatic carbocycles. The maximum atomic E-state index is 13.7. The number of carbonyl (C=O) groups is 2. The van der Waals surface area contributed by atoms with Gasteiger partial charge in [0.05, 0.1) is 12.7 Å². The van der Waals surface area contributed by atoms with Crippen molar-refractivity contribution in [3.8, 4) is 0 Å². The number of nitrogens with zero attached hydrogens (tertiary/aromatic N) is 1. The molecule has 1 unspecified atom stereocenters. The fourth-order valence-corrected chi connectivity index (χ4v) is 5.32. The first-order valence-corrected chi connectivity index (χ1v) is 11.2. The molecule has 0 amide bonds. The number of hydrogen-bond donors (Lipinski definition) is 0. The van der Waals surface area contributed by atoms with E-state index >= 15 is 0 Å². The molecule has 158 valence electrons. The Balaban J connectivity index is 2.04. The molecule has 1 fully saturated rings. The summed E-state index contributed by atoms with van der Waals surface area (Å²) in [5.74, 6) is -0.487. The van der Waals surface area contributed by atoms with Crippen molar-refractivity contribution in [1.29, 1.82) is 0 Å². The van der Waals surface area contributed by atoms with Gasteiger partial charge in [0.1, 0.15) is 11.5 Å². The number of benzene rings is 1. The van der Waals surface area contributed by atoms with E-state index in [4.69, 9.17) is 19.2 Å². The number of carbonyl (C=O) groups excluding carboxylic acids is 2. The van der Waals surface area contributed by atoms with Crippen LogP contribution in [0.5, 0.6) is 0 Å². The monoisotopic (exact) mass is 513 g/mol. The summed E-state index contributed by atoms with van der Waals surface area (Å²) in [4.78, 5) is 30.6. The molecule has 1 heterocycles. The number of methoxy groups -OCH3 is 1. The van der Waals surface area contributed by atoms with Gasteiger partial charge in [-0.25, -0.2) is 9.79 Å². The summed E-state index contributed by atoms with van der Waals surface area (Å²) in [5, 5.41) is 0. The molecular formula is C22H28INO5. The Labute approximate surface area is 185 Å². The maximum absolute atomic E-state index is 13.7. The lowest BCUT2D eigenvalue weighted by Gasteiger charge is -2.33. The summed E-state index contributed by atoms with van der Waals surface area (Å²) in [6.45, 7) is 5.98. The zero-order chi connectivity index (χ0) is 21.2.